The van der Waals surface area contributed by atoms with Crippen LogP contribution in [0.2, 0.25) is 10.0 Å². The third kappa shape index (κ3) is 4.88. The minimum absolute atomic E-state index is 0.0440. The number of halogens is 3. The maximum absolute atomic E-state index is 14.7. The van der Waals surface area contributed by atoms with E-state index in [0.717, 1.165) is 29.7 Å². The summed E-state index contributed by atoms with van der Waals surface area (Å²) in [6.45, 7) is 0.248. The molecule has 2 aliphatic carbocycles. The van der Waals surface area contributed by atoms with E-state index in [1.165, 1.54) is 17.0 Å². The number of ether oxygens (including phenoxy) is 1. The summed E-state index contributed by atoms with van der Waals surface area (Å²) in [6, 6.07) is 14.5. The number of fused-ring (bicyclic) bond motifs is 3. The van der Waals surface area contributed by atoms with E-state index in [0.29, 0.717) is 47.0 Å². The van der Waals surface area contributed by atoms with Crippen LogP contribution in [0.5, 0.6) is 5.75 Å². The van der Waals surface area contributed by atoms with Crippen LogP contribution in [0.25, 0.3) is 0 Å². The molecule has 0 spiro atoms. The van der Waals surface area contributed by atoms with Crippen molar-refractivity contribution in [3.05, 3.63) is 93.2 Å². The molecular formula is C33H32Cl2FNO6S. The Morgan fingerprint density at radius 2 is 1.66 bits per heavy atom. The van der Waals surface area contributed by atoms with E-state index in [9.17, 15) is 27.5 Å². The molecule has 1 amide bonds. The predicted molar refractivity (Wildman–Crippen MR) is 164 cm³/mol. The molecule has 1 N–H and O–H groups in total. The first-order chi connectivity index (χ1) is 21.0. The normalized spacial score (nSPS) is 22.6. The van der Waals surface area contributed by atoms with Gasteiger partial charge in [-0.2, -0.15) is 0 Å². The Hall–Kier alpha value is -3.14. The Kier molecular flexibility index (Phi) is 8.18. The maximum Gasteiger partial charge on any atom is 0.319 e. The SMILES string of the molecule is O=C(O)C1(C(=O)N2CC[C@@]3(S(=O)(=O)c4ccc(F)cc4)c4ccc(COc5c(Cl)cccc5Cl)cc4CC[C@@H]23)CCCCC1. The number of hydrogen-bond donors (Lipinski definition) is 1. The molecule has 3 aromatic carbocycles. The standard InChI is InChI=1S/C33H32Cl2FNO6S/c34-26-5-4-6-27(35)29(26)43-20-21-7-13-25-22(19-21)8-14-28-33(25,44(41,42)24-11-9-23(36)10-12-24)17-18-37(28)30(38)32(31(39)40)15-2-1-3-16-32/h4-7,9-13,19,28H,1-3,8,14-18,20H2,(H,39,40)/t28-,33-/m1/s1. The number of sulfone groups is 1. The van der Waals surface area contributed by atoms with Crippen molar-refractivity contribution in [2.24, 2.45) is 5.41 Å². The molecule has 44 heavy (non-hydrogen) atoms. The second kappa shape index (κ2) is 11.7. The molecule has 0 unspecified atom stereocenters. The van der Waals surface area contributed by atoms with E-state index in [2.05, 4.69) is 0 Å². The maximum atomic E-state index is 14.7. The Bertz CT molecular complexity index is 1700. The molecule has 2 fully saturated rings. The molecular weight excluding hydrogens is 628 g/mol. The third-order valence-corrected chi connectivity index (χ3v) is 12.8. The van der Waals surface area contributed by atoms with Gasteiger partial charge in [-0.15, -0.1) is 0 Å². The summed E-state index contributed by atoms with van der Waals surface area (Å²) >= 11 is 12.5. The Morgan fingerprint density at radius 3 is 2.32 bits per heavy atom. The highest BCUT2D eigenvalue weighted by molar-refractivity contribution is 7.92. The van der Waals surface area contributed by atoms with Gasteiger partial charge in [0.2, 0.25) is 5.91 Å². The molecule has 1 heterocycles. The number of rotatable bonds is 7. The van der Waals surface area contributed by atoms with Gasteiger partial charge in [-0.05, 0) is 85.2 Å². The lowest BCUT2D eigenvalue weighted by molar-refractivity contribution is -0.164. The molecule has 0 radical (unpaired) electrons. The lowest BCUT2D eigenvalue weighted by Gasteiger charge is -2.44. The van der Waals surface area contributed by atoms with Crippen LogP contribution < -0.4 is 4.74 Å². The zero-order valence-corrected chi connectivity index (χ0v) is 26.2. The number of benzene rings is 3. The summed E-state index contributed by atoms with van der Waals surface area (Å²) in [4.78, 5) is 28.2. The molecule has 3 aliphatic rings. The summed E-state index contributed by atoms with van der Waals surface area (Å²) in [6.07, 6.45) is 3.48. The summed E-state index contributed by atoms with van der Waals surface area (Å²) in [5, 5.41) is 11.0. The molecule has 2 atom stereocenters. The number of para-hydroxylation sites is 1. The van der Waals surface area contributed by atoms with E-state index in [1.54, 1.807) is 30.3 Å². The Morgan fingerprint density at radius 1 is 0.977 bits per heavy atom. The van der Waals surface area contributed by atoms with E-state index in [4.69, 9.17) is 27.9 Å². The number of aliphatic carboxylic acids is 1. The van der Waals surface area contributed by atoms with Crippen molar-refractivity contribution >= 4 is 44.9 Å². The fourth-order valence-electron chi connectivity index (χ4n) is 7.46. The summed E-state index contributed by atoms with van der Waals surface area (Å²) in [7, 11) is -4.18. The molecule has 232 valence electrons. The largest absolute Gasteiger partial charge is 0.486 e. The average Bonchev–Trinajstić information content (AvgIpc) is 3.42. The first-order valence-electron chi connectivity index (χ1n) is 14.7. The zero-order valence-electron chi connectivity index (χ0n) is 23.9. The summed E-state index contributed by atoms with van der Waals surface area (Å²) in [5.41, 5.74) is 0.597. The van der Waals surface area contributed by atoms with E-state index in [-0.39, 0.29) is 37.3 Å². The number of hydrogen-bond acceptors (Lipinski definition) is 5. The van der Waals surface area contributed by atoms with E-state index < -0.39 is 43.7 Å². The molecule has 7 nitrogen and oxygen atoms in total. The first kappa shape index (κ1) is 30.9. The molecule has 0 aromatic heterocycles. The second-order valence-corrected chi connectivity index (χ2v) is 14.9. The average molecular weight is 661 g/mol. The summed E-state index contributed by atoms with van der Waals surface area (Å²) < 4.78 is 47.6. The quantitative estimate of drug-likeness (QED) is 0.217. The summed E-state index contributed by atoms with van der Waals surface area (Å²) in [5.74, 6) is -1.87. The zero-order chi connectivity index (χ0) is 31.3. The van der Waals surface area contributed by atoms with Crippen molar-refractivity contribution in [3.63, 3.8) is 0 Å². The fourth-order valence-corrected chi connectivity index (χ4v) is 10.3. The lowest BCUT2D eigenvalue weighted by Crippen LogP contribution is -2.56. The second-order valence-electron chi connectivity index (χ2n) is 11.9. The van der Waals surface area contributed by atoms with Gasteiger partial charge in [0.15, 0.2) is 15.6 Å². The minimum Gasteiger partial charge on any atom is -0.486 e. The van der Waals surface area contributed by atoms with Gasteiger partial charge in [0.25, 0.3) is 0 Å². The van der Waals surface area contributed by atoms with Crippen molar-refractivity contribution in [1.29, 1.82) is 0 Å². The van der Waals surface area contributed by atoms with Crippen molar-refractivity contribution < 1.29 is 32.2 Å². The topological polar surface area (TPSA) is 101 Å². The monoisotopic (exact) mass is 659 g/mol. The highest BCUT2D eigenvalue weighted by Crippen LogP contribution is 2.54. The van der Waals surface area contributed by atoms with Crippen LogP contribution >= 0.6 is 23.2 Å². The highest BCUT2D eigenvalue weighted by Gasteiger charge is 2.63. The van der Waals surface area contributed by atoms with Gasteiger partial charge >= 0.3 is 5.97 Å². The van der Waals surface area contributed by atoms with Gasteiger partial charge in [0, 0.05) is 6.54 Å². The van der Waals surface area contributed by atoms with Gasteiger partial charge in [0.1, 0.15) is 22.6 Å². The number of aryl methyl sites for hydroxylation is 1. The van der Waals surface area contributed by atoms with Crippen molar-refractivity contribution in [2.45, 2.75) is 73.7 Å². The van der Waals surface area contributed by atoms with Crippen molar-refractivity contribution in [3.8, 4) is 5.75 Å². The number of carboxylic acids is 1. The molecule has 0 bridgehead atoms. The van der Waals surface area contributed by atoms with Gasteiger partial charge in [-0.1, -0.05) is 66.7 Å². The number of carbonyl (C=O) groups excluding carboxylic acids is 1. The number of carboxylic acid groups (broad SMARTS) is 1. The number of nitrogens with zero attached hydrogens (tertiary/aromatic N) is 1. The fraction of sp³-hybridized carbons (Fsp3) is 0.394. The highest BCUT2D eigenvalue weighted by atomic mass is 35.5. The van der Waals surface area contributed by atoms with E-state index in [1.807, 2.05) is 6.07 Å². The van der Waals surface area contributed by atoms with Crippen molar-refractivity contribution in [1.82, 2.24) is 4.90 Å². The number of carbonyl (C=O) groups is 2. The van der Waals surface area contributed by atoms with Crippen LogP contribution in [0.3, 0.4) is 0 Å². The van der Waals surface area contributed by atoms with Crippen LogP contribution in [0.1, 0.15) is 61.6 Å². The van der Waals surface area contributed by atoms with Gasteiger partial charge < -0.3 is 14.7 Å². The number of amides is 1. The molecule has 1 saturated heterocycles. The predicted octanol–water partition coefficient (Wildman–Crippen LogP) is 6.96. The lowest BCUT2D eigenvalue weighted by atomic mass is 9.72. The minimum atomic E-state index is -4.18. The van der Waals surface area contributed by atoms with Gasteiger partial charge in [-0.25, -0.2) is 12.8 Å². The number of likely N-dealkylation sites (tertiary alicyclic amines) is 1. The van der Waals surface area contributed by atoms with Crippen LogP contribution in [-0.2, 0) is 37.2 Å². The third-order valence-electron chi connectivity index (χ3n) is 9.64. The Balaban J connectivity index is 1.42. The first-order valence-corrected chi connectivity index (χ1v) is 17.0. The van der Waals surface area contributed by atoms with Crippen LogP contribution in [0.4, 0.5) is 4.39 Å². The van der Waals surface area contributed by atoms with Crippen LogP contribution in [0, 0.1) is 11.2 Å². The smallest absolute Gasteiger partial charge is 0.319 e. The van der Waals surface area contributed by atoms with E-state index >= 15 is 0 Å². The van der Waals surface area contributed by atoms with Crippen LogP contribution in [0.15, 0.2) is 65.6 Å². The molecule has 11 heteroatoms. The molecule has 3 aromatic rings. The molecule has 1 saturated carbocycles. The molecule has 6 rings (SSSR count). The van der Waals surface area contributed by atoms with Gasteiger partial charge in [-0.3, -0.25) is 9.59 Å². The molecule has 1 aliphatic heterocycles. The van der Waals surface area contributed by atoms with Crippen molar-refractivity contribution in [2.75, 3.05) is 6.54 Å². The van der Waals surface area contributed by atoms with Gasteiger partial charge in [0.05, 0.1) is 21.0 Å². The van der Waals surface area contributed by atoms with Crippen LogP contribution in [-0.4, -0.2) is 42.9 Å². The Labute approximate surface area is 265 Å².